The highest BCUT2D eigenvalue weighted by Crippen LogP contribution is 2.37. The monoisotopic (exact) mass is 574 g/mol. The highest BCUT2D eigenvalue weighted by Gasteiger charge is 2.41. The topological polar surface area (TPSA) is 83.5 Å². The van der Waals surface area contributed by atoms with E-state index in [2.05, 4.69) is 24.9 Å². The van der Waals surface area contributed by atoms with E-state index >= 15 is 0 Å². The zero-order valence-corrected chi connectivity index (χ0v) is 23.7. The lowest BCUT2D eigenvalue weighted by atomic mass is 10.0. The van der Waals surface area contributed by atoms with Crippen molar-refractivity contribution in [2.45, 2.75) is 55.8 Å². The van der Waals surface area contributed by atoms with Crippen molar-refractivity contribution in [3.8, 4) is 0 Å². The van der Waals surface area contributed by atoms with Crippen LogP contribution in [0.4, 0.5) is 5.13 Å². The van der Waals surface area contributed by atoms with E-state index < -0.39 is 16.1 Å². The molecule has 0 saturated carbocycles. The maximum Gasteiger partial charge on any atom is 0.253 e. The van der Waals surface area contributed by atoms with Gasteiger partial charge in [0.2, 0.25) is 5.91 Å². The Kier molecular flexibility index (Phi) is 7.65. The number of aromatic nitrogens is 2. The quantitative estimate of drug-likeness (QED) is 0.258. The Hall–Kier alpha value is -2.37. The zero-order chi connectivity index (χ0) is 26.2. The summed E-state index contributed by atoms with van der Waals surface area (Å²) in [7, 11) is -3.88. The van der Waals surface area contributed by atoms with Gasteiger partial charge in [-0.2, -0.15) is 4.31 Å². The smallest absolute Gasteiger partial charge is 0.253 e. The number of fused-ring (bicyclic) bond motifs is 1. The number of thiazole rings is 1. The van der Waals surface area contributed by atoms with Gasteiger partial charge in [-0.15, -0.1) is 11.3 Å². The number of carbonyl (C=O) groups excluding carboxylic acids is 1. The number of hydrogen-bond acceptors (Lipinski definition) is 7. The number of amides is 1. The summed E-state index contributed by atoms with van der Waals surface area (Å²) in [5, 5.41) is 0.542. The summed E-state index contributed by atoms with van der Waals surface area (Å²) < 4.78 is 30.0. The van der Waals surface area contributed by atoms with Crippen LogP contribution in [0.3, 0.4) is 0 Å². The number of anilines is 1. The Bertz CT molecular complexity index is 1520. The van der Waals surface area contributed by atoms with Crippen LogP contribution in [-0.4, -0.2) is 41.2 Å². The molecule has 1 unspecified atom stereocenters. The number of benzene rings is 1. The third-order valence-electron chi connectivity index (χ3n) is 6.45. The second kappa shape index (κ2) is 10.8. The molecule has 0 spiro atoms. The van der Waals surface area contributed by atoms with E-state index in [1.165, 1.54) is 21.7 Å². The van der Waals surface area contributed by atoms with Crippen LogP contribution in [0.25, 0.3) is 10.2 Å². The molecule has 1 saturated heterocycles. The molecular weight excluding hydrogens is 548 g/mol. The number of carbonyl (C=O) groups is 1. The van der Waals surface area contributed by atoms with Crippen molar-refractivity contribution in [1.29, 1.82) is 0 Å². The van der Waals surface area contributed by atoms with Crippen LogP contribution in [0.1, 0.15) is 50.3 Å². The molecule has 1 atom stereocenters. The minimum absolute atomic E-state index is 0.148. The van der Waals surface area contributed by atoms with Gasteiger partial charge in [0.15, 0.2) is 5.13 Å². The van der Waals surface area contributed by atoms with Crippen LogP contribution < -0.4 is 4.90 Å². The molecule has 5 rings (SSSR count). The lowest BCUT2D eigenvalue weighted by molar-refractivity contribution is -0.123. The molecule has 0 bridgehead atoms. The first-order valence-corrected chi connectivity index (χ1v) is 15.6. The minimum Gasteiger partial charge on any atom is -0.281 e. The van der Waals surface area contributed by atoms with Crippen molar-refractivity contribution in [2.75, 3.05) is 11.4 Å². The normalized spacial score (nSPS) is 16.9. The number of nitrogens with zero attached hydrogens (tertiary/aromatic N) is 4. The Morgan fingerprint density at radius 3 is 2.68 bits per heavy atom. The van der Waals surface area contributed by atoms with Crippen molar-refractivity contribution in [3.05, 3.63) is 70.3 Å². The van der Waals surface area contributed by atoms with E-state index in [0.29, 0.717) is 28.0 Å². The summed E-state index contributed by atoms with van der Waals surface area (Å²) in [5.41, 5.74) is 2.69. The van der Waals surface area contributed by atoms with Crippen LogP contribution in [-0.2, 0) is 21.4 Å². The van der Waals surface area contributed by atoms with Crippen molar-refractivity contribution in [1.82, 2.24) is 14.3 Å². The first-order chi connectivity index (χ1) is 17.8. The summed E-state index contributed by atoms with van der Waals surface area (Å²) in [6.45, 7) is 4.72. The molecular formula is C26H27ClN4O3S3. The van der Waals surface area contributed by atoms with E-state index in [1.54, 1.807) is 17.2 Å². The number of thiophene rings is 1. The van der Waals surface area contributed by atoms with Crippen LogP contribution >= 0.6 is 34.3 Å². The van der Waals surface area contributed by atoms with Crippen LogP contribution in [0.5, 0.6) is 0 Å². The van der Waals surface area contributed by atoms with Crippen molar-refractivity contribution >= 4 is 65.6 Å². The Balaban J connectivity index is 1.56. The fourth-order valence-corrected chi connectivity index (χ4v) is 8.87. The van der Waals surface area contributed by atoms with E-state index in [1.807, 2.05) is 30.3 Å². The van der Waals surface area contributed by atoms with Gasteiger partial charge in [0.05, 0.1) is 26.8 Å². The summed E-state index contributed by atoms with van der Waals surface area (Å²) in [6, 6.07) is 13.9. The molecule has 11 heteroatoms. The predicted octanol–water partition coefficient (Wildman–Crippen LogP) is 6.31. The number of rotatable bonds is 7. The van der Waals surface area contributed by atoms with E-state index in [0.717, 1.165) is 33.5 Å². The number of hydrogen-bond donors (Lipinski definition) is 0. The molecule has 1 amide bonds. The standard InChI is InChI=1S/C26H27ClN4O3S3/c1-17(2)19-9-7-11-21-24(19)29-26(35-21)30(16-18-8-3-5-14-28-18)25(32)20-10-4-6-15-31(20)37(33,34)23-13-12-22(27)36-23/h3,5,7-9,11-14,17,20H,4,6,10,15-16H2,1-2H3. The number of pyridine rings is 1. The van der Waals surface area contributed by atoms with E-state index in [4.69, 9.17) is 16.6 Å². The van der Waals surface area contributed by atoms with Crippen molar-refractivity contribution in [2.24, 2.45) is 0 Å². The van der Waals surface area contributed by atoms with E-state index in [9.17, 15) is 13.2 Å². The number of sulfonamides is 1. The van der Waals surface area contributed by atoms with Gasteiger partial charge in [0.1, 0.15) is 10.3 Å². The molecule has 4 aromatic rings. The second-order valence-electron chi connectivity index (χ2n) is 9.28. The molecule has 3 aromatic heterocycles. The summed E-state index contributed by atoms with van der Waals surface area (Å²) in [6.07, 6.45) is 3.59. The summed E-state index contributed by atoms with van der Waals surface area (Å²) >= 11 is 8.49. The lowest BCUT2D eigenvalue weighted by Crippen LogP contribution is -2.52. The van der Waals surface area contributed by atoms with Gasteiger partial charge in [-0.1, -0.05) is 61.4 Å². The molecule has 0 radical (unpaired) electrons. The van der Waals surface area contributed by atoms with E-state index in [-0.39, 0.29) is 29.1 Å². The third kappa shape index (κ3) is 5.31. The van der Waals surface area contributed by atoms with Gasteiger partial charge in [0, 0.05) is 12.7 Å². The molecule has 7 nitrogen and oxygen atoms in total. The maximum absolute atomic E-state index is 14.2. The number of piperidine rings is 1. The Morgan fingerprint density at radius 1 is 1.14 bits per heavy atom. The zero-order valence-electron chi connectivity index (χ0n) is 20.5. The van der Waals surface area contributed by atoms with Gasteiger partial charge in [0.25, 0.3) is 10.0 Å². The highest BCUT2D eigenvalue weighted by molar-refractivity contribution is 7.91. The molecule has 1 fully saturated rings. The molecule has 37 heavy (non-hydrogen) atoms. The Labute approximate surface area is 229 Å². The van der Waals surface area contributed by atoms with Crippen LogP contribution in [0.15, 0.2) is 58.9 Å². The molecule has 0 N–H and O–H groups in total. The van der Waals surface area contributed by atoms with Crippen molar-refractivity contribution < 1.29 is 13.2 Å². The molecule has 1 aliphatic rings. The predicted molar refractivity (Wildman–Crippen MR) is 150 cm³/mol. The van der Waals surface area contributed by atoms with Crippen molar-refractivity contribution in [3.63, 3.8) is 0 Å². The summed E-state index contributed by atoms with van der Waals surface area (Å²) in [5.74, 6) is -0.0167. The largest absolute Gasteiger partial charge is 0.281 e. The average molecular weight is 575 g/mol. The van der Waals surface area contributed by atoms with Gasteiger partial charge in [-0.3, -0.25) is 14.7 Å². The SMILES string of the molecule is CC(C)c1cccc2sc(N(Cc3ccccn3)C(=O)C3CCCCN3S(=O)(=O)c3ccc(Cl)s3)nc12. The highest BCUT2D eigenvalue weighted by atomic mass is 35.5. The number of para-hydroxylation sites is 1. The molecule has 1 aromatic carbocycles. The van der Waals surface area contributed by atoms with Crippen LogP contribution in [0.2, 0.25) is 4.34 Å². The lowest BCUT2D eigenvalue weighted by Gasteiger charge is -2.35. The van der Waals surface area contributed by atoms with Gasteiger partial charge in [-0.25, -0.2) is 13.4 Å². The first-order valence-electron chi connectivity index (χ1n) is 12.1. The van der Waals surface area contributed by atoms with Gasteiger partial charge in [-0.05, 0) is 54.7 Å². The van der Waals surface area contributed by atoms with Gasteiger partial charge >= 0.3 is 0 Å². The van der Waals surface area contributed by atoms with Gasteiger partial charge < -0.3 is 0 Å². The molecule has 0 aliphatic carbocycles. The fraction of sp³-hybridized carbons (Fsp3) is 0.346. The first kappa shape index (κ1) is 26.2. The summed E-state index contributed by atoms with van der Waals surface area (Å²) in [4.78, 5) is 25.2. The average Bonchev–Trinajstić information content (AvgIpc) is 3.54. The van der Waals surface area contributed by atoms with Crippen LogP contribution in [0, 0.1) is 0 Å². The molecule has 1 aliphatic heterocycles. The maximum atomic E-state index is 14.2. The number of halogens is 1. The molecule has 4 heterocycles. The second-order valence-corrected chi connectivity index (χ2v) is 14.1. The fourth-order valence-electron chi connectivity index (χ4n) is 4.60. The third-order valence-corrected chi connectivity index (χ3v) is 11.1. The Morgan fingerprint density at radius 2 is 1.97 bits per heavy atom. The molecule has 194 valence electrons. The minimum atomic E-state index is -3.88.